The highest BCUT2D eigenvalue weighted by atomic mass is 32.1. The molecular formula is C24H33N3O4S. The van der Waals surface area contributed by atoms with E-state index in [1.54, 1.807) is 23.3 Å². The van der Waals surface area contributed by atoms with Crippen LogP contribution in [0.5, 0.6) is 11.5 Å². The fourth-order valence-corrected chi connectivity index (χ4v) is 4.77. The molecule has 174 valence electrons. The number of rotatable bonds is 9. The summed E-state index contributed by atoms with van der Waals surface area (Å²) in [6, 6.07) is 9.08. The van der Waals surface area contributed by atoms with E-state index >= 15 is 0 Å². The molecule has 7 nitrogen and oxygen atoms in total. The maximum Gasteiger partial charge on any atom is 0.318 e. The molecule has 32 heavy (non-hydrogen) atoms. The normalized spacial score (nSPS) is 15.3. The van der Waals surface area contributed by atoms with Crippen molar-refractivity contribution < 1.29 is 19.1 Å². The molecule has 3 rings (SSSR count). The third kappa shape index (κ3) is 5.54. The van der Waals surface area contributed by atoms with E-state index in [0.717, 1.165) is 18.4 Å². The van der Waals surface area contributed by atoms with E-state index in [-0.39, 0.29) is 30.6 Å². The van der Waals surface area contributed by atoms with E-state index in [4.69, 9.17) is 9.47 Å². The first-order valence-corrected chi connectivity index (χ1v) is 12.0. The minimum absolute atomic E-state index is 0.0395. The number of para-hydroxylation sites is 2. The van der Waals surface area contributed by atoms with Gasteiger partial charge in [0.25, 0.3) is 0 Å². The molecule has 3 amide bonds. The number of ether oxygens (including phenoxy) is 2. The van der Waals surface area contributed by atoms with Crippen LogP contribution < -0.4 is 14.8 Å². The first kappa shape index (κ1) is 23.9. The lowest BCUT2D eigenvalue weighted by molar-refractivity contribution is -0.135. The molecule has 2 aromatic rings. The molecule has 1 aromatic heterocycles. The Balaban J connectivity index is 1.77. The van der Waals surface area contributed by atoms with Crippen LogP contribution in [0, 0.1) is 0 Å². The summed E-state index contributed by atoms with van der Waals surface area (Å²) in [5, 5.41) is 4.95. The average Bonchev–Trinajstić information content (AvgIpc) is 3.28. The predicted molar refractivity (Wildman–Crippen MR) is 126 cm³/mol. The number of methoxy groups -OCH3 is 1. The van der Waals surface area contributed by atoms with Gasteiger partial charge in [0.2, 0.25) is 5.91 Å². The van der Waals surface area contributed by atoms with Gasteiger partial charge < -0.3 is 24.6 Å². The molecule has 2 heterocycles. The molecule has 0 saturated heterocycles. The monoisotopic (exact) mass is 459 g/mol. The topological polar surface area (TPSA) is 71.1 Å². The summed E-state index contributed by atoms with van der Waals surface area (Å²) >= 11 is 1.71. The number of benzene rings is 1. The third-order valence-corrected chi connectivity index (χ3v) is 6.59. The van der Waals surface area contributed by atoms with Crippen LogP contribution in [0.4, 0.5) is 4.79 Å². The fourth-order valence-electron chi connectivity index (χ4n) is 3.84. The van der Waals surface area contributed by atoms with Crippen LogP contribution in [0.2, 0.25) is 0 Å². The van der Waals surface area contributed by atoms with Crippen molar-refractivity contribution in [3.05, 3.63) is 46.2 Å². The van der Waals surface area contributed by atoms with Crippen LogP contribution in [0.1, 0.15) is 43.7 Å². The van der Waals surface area contributed by atoms with Crippen LogP contribution in [0.3, 0.4) is 0 Å². The summed E-state index contributed by atoms with van der Waals surface area (Å²) in [6.45, 7) is 7.41. The van der Waals surface area contributed by atoms with Crippen molar-refractivity contribution in [3.8, 4) is 11.5 Å². The zero-order chi connectivity index (χ0) is 23.1. The number of hydrogen-bond acceptors (Lipinski definition) is 5. The van der Waals surface area contributed by atoms with E-state index in [1.807, 2.05) is 49.9 Å². The minimum atomic E-state index is -0.213. The summed E-state index contributed by atoms with van der Waals surface area (Å²) in [5.41, 5.74) is 1.12. The summed E-state index contributed by atoms with van der Waals surface area (Å²) in [6.07, 6.45) is 1.66. The standard InChI is InChI=1S/C24H33N3O4S/c1-5-12-25-24(29)27(17(2)3)15-23(28)26-13-10-22-18(11-14-32-22)19(26)16-31-21-9-7-6-8-20(21)30-4/h6-9,11,14,17,19H,5,10,12-13,15-16H2,1-4H3,(H,25,29)/t19-/m0/s1. The number of hydrogen-bond donors (Lipinski definition) is 1. The second kappa shape index (κ2) is 11.2. The van der Waals surface area contributed by atoms with E-state index in [9.17, 15) is 9.59 Å². The highest BCUT2D eigenvalue weighted by molar-refractivity contribution is 7.10. The van der Waals surface area contributed by atoms with Crippen LogP contribution in [0.15, 0.2) is 35.7 Å². The molecule has 1 N–H and O–H groups in total. The summed E-state index contributed by atoms with van der Waals surface area (Å²) in [4.78, 5) is 30.7. The number of carbonyl (C=O) groups excluding carboxylic acids is 2. The number of amides is 3. The second-order valence-electron chi connectivity index (χ2n) is 8.07. The van der Waals surface area contributed by atoms with Gasteiger partial charge in [0.05, 0.1) is 13.2 Å². The zero-order valence-corrected chi connectivity index (χ0v) is 20.1. The number of nitrogens with zero attached hydrogens (tertiary/aromatic N) is 2. The van der Waals surface area contributed by atoms with Gasteiger partial charge in [-0.2, -0.15) is 0 Å². The molecule has 0 saturated carbocycles. The Morgan fingerprint density at radius 2 is 2.00 bits per heavy atom. The Kier molecular flexibility index (Phi) is 8.39. The van der Waals surface area contributed by atoms with Crippen molar-refractivity contribution in [2.24, 2.45) is 0 Å². The van der Waals surface area contributed by atoms with Crippen molar-refractivity contribution in [3.63, 3.8) is 0 Å². The van der Waals surface area contributed by atoms with Crippen molar-refractivity contribution in [2.45, 2.75) is 45.7 Å². The first-order chi connectivity index (χ1) is 15.5. The highest BCUT2D eigenvalue weighted by Crippen LogP contribution is 2.35. The zero-order valence-electron chi connectivity index (χ0n) is 19.3. The molecule has 0 bridgehead atoms. The van der Waals surface area contributed by atoms with Gasteiger partial charge in [-0.1, -0.05) is 19.1 Å². The molecule has 0 aliphatic carbocycles. The average molecular weight is 460 g/mol. The molecule has 0 fully saturated rings. The molecule has 1 aromatic carbocycles. The van der Waals surface area contributed by atoms with Gasteiger partial charge in [0.1, 0.15) is 13.2 Å². The number of carbonyl (C=O) groups is 2. The van der Waals surface area contributed by atoms with E-state index in [1.165, 1.54) is 4.88 Å². The lowest BCUT2D eigenvalue weighted by Crippen LogP contribution is -2.51. The number of fused-ring (bicyclic) bond motifs is 1. The van der Waals surface area contributed by atoms with Gasteiger partial charge in [-0.05, 0) is 55.8 Å². The minimum Gasteiger partial charge on any atom is -0.493 e. The largest absolute Gasteiger partial charge is 0.493 e. The van der Waals surface area contributed by atoms with Crippen LogP contribution in [0.25, 0.3) is 0 Å². The van der Waals surface area contributed by atoms with Gasteiger partial charge in [0, 0.05) is 24.0 Å². The Morgan fingerprint density at radius 1 is 1.25 bits per heavy atom. The van der Waals surface area contributed by atoms with Crippen molar-refractivity contribution in [2.75, 3.05) is 33.4 Å². The maximum atomic E-state index is 13.4. The summed E-state index contributed by atoms with van der Waals surface area (Å²) in [5.74, 6) is 1.23. The smallest absolute Gasteiger partial charge is 0.318 e. The van der Waals surface area contributed by atoms with Gasteiger partial charge in [-0.15, -0.1) is 11.3 Å². The van der Waals surface area contributed by atoms with Crippen molar-refractivity contribution in [1.82, 2.24) is 15.1 Å². The molecular weight excluding hydrogens is 426 g/mol. The van der Waals surface area contributed by atoms with Gasteiger partial charge in [-0.3, -0.25) is 4.79 Å². The molecule has 0 unspecified atom stereocenters. The molecule has 1 atom stereocenters. The second-order valence-corrected chi connectivity index (χ2v) is 9.07. The lowest BCUT2D eigenvalue weighted by Gasteiger charge is -2.37. The highest BCUT2D eigenvalue weighted by Gasteiger charge is 2.34. The predicted octanol–water partition coefficient (Wildman–Crippen LogP) is 4.09. The third-order valence-electron chi connectivity index (χ3n) is 5.60. The molecule has 1 aliphatic rings. The summed E-state index contributed by atoms with van der Waals surface area (Å²) in [7, 11) is 1.61. The van der Waals surface area contributed by atoms with E-state index in [2.05, 4.69) is 16.8 Å². The van der Waals surface area contributed by atoms with E-state index in [0.29, 0.717) is 31.2 Å². The SMILES string of the molecule is CCCNC(=O)N(CC(=O)N1CCc2sccc2[C@@H]1COc1ccccc1OC)C(C)C. The van der Waals surface area contributed by atoms with Crippen molar-refractivity contribution in [1.29, 1.82) is 0 Å². The van der Waals surface area contributed by atoms with Crippen LogP contribution in [-0.2, 0) is 11.2 Å². The molecule has 8 heteroatoms. The Bertz CT molecular complexity index is 914. The fraction of sp³-hybridized carbons (Fsp3) is 0.500. The van der Waals surface area contributed by atoms with Gasteiger partial charge >= 0.3 is 6.03 Å². The number of nitrogens with one attached hydrogen (secondary N) is 1. The quantitative estimate of drug-likeness (QED) is 0.613. The van der Waals surface area contributed by atoms with Crippen LogP contribution in [-0.4, -0.2) is 61.1 Å². The summed E-state index contributed by atoms with van der Waals surface area (Å²) < 4.78 is 11.5. The first-order valence-electron chi connectivity index (χ1n) is 11.1. The molecule has 0 radical (unpaired) electrons. The van der Waals surface area contributed by atoms with Gasteiger partial charge in [0.15, 0.2) is 11.5 Å². The Labute approximate surface area is 194 Å². The molecule has 1 aliphatic heterocycles. The number of thiophene rings is 1. The Hall–Kier alpha value is -2.74. The van der Waals surface area contributed by atoms with Gasteiger partial charge in [-0.25, -0.2) is 4.79 Å². The lowest BCUT2D eigenvalue weighted by atomic mass is 10.0. The Morgan fingerprint density at radius 3 is 2.69 bits per heavy atom. The number of urea groups is 1. The van der Waals surface area contributed by atoms with Crippen molar-refractivity contribution >= 4 is 23.3 Å². The van der Waals surface area contributed by atoms with E-state index < -0.39 is 0 Å². The molecule has 0 spiro atoms. The maximum absolute atomic E-state index is 13.4. The van der Waals surface area contributed by atoms with Crippen LogP contribution >= 0.6 is 11.3 Å².